The molecule has 0 saturated carbocycles. The van der Waals surface area contributed by atoms with Gasteiger partial charge in [0.05, 0.1) is 11.4 Å². The minimum atomic E-state index is -0.0503. The monoisotopic (exact) mass is 238 g/mol. The van der Waals surface area contributed by atoms with Gasteiger partial charge in [0, 0.05) is 6.42 Å². The molecule has 0 saturated heterocycles. The number of amides is 1. The molecule has 0 spiro atoms. The number of nitrogen functional groups attached to an aromatic ring is 1. The minimum Gasteiger partial charge on any atom is -0.394 e. The molecule has 1 amide bonds. The summed E-state index contributed by atoms with van der Waals surface area (Å²) in [7, 11) is 0. The molecule has 1 aromatic heterocycles. The van der Waals surface area contributed by atoms with Crippen molar-refractivity contribution >= 4 is 17.4 Å². The first-order chi connectivity index (χ1) is 7.71. The number of H-pyrrole nitrogens is 1. The van der Waals surface area contributed by atoms with Gasteiger partial charge in [0.1, 0.15) is 0 Å². The number of nitrogens with two attached hydrogens (primary N) is 1. The van der Waals surface area contributed by atoms with Crippen LogP contribution in [0.3, 0.4) is 0 Å². The molecule has 96 valence electrons. The fraction of sp³-hybridized carbons (Fsp3) is 0.667. The molecule has 5 nitrogen and oxygen atoms in total. The molecule has 0 aliphatic heterocycles. The number of carbonyl (C=O) groups excluding carboxylic acids is 1. The van der Waals surface area contributed by atoms with Crippen LogP contribution in [0.1, 0.15) is 39.8 Å². The zero-order valence-electron chi connectivity index (χ0n) is 11.2. The second kappa shape index (κ2) is 4.77. The number of aromatic nitrogens is 2. The van der Waals surface area contributed by atoms with Crippen LogP contribution in [0.15, 0.2) is 0 Å². The summed E-state index contributed by atoms with van der Waals surface area (Å²) >= 11 is 0. The van der Waals surface area contributed by atoms with Gasteiger partial charge in [-0.2, -0.15) is 5.10 Å². The van der Waals surface area contributed by atoms with Gasteiger partial charge >= 0.3 is 0 Å². The van der Waals surface area contributed by atoms with Crippen molar-refractivity contribution in [1.82, 2.24) is 10.2 Å². The molecule has 4 N–H and O–H groups in total. The average molecular weight is 238 g/mol. The molecule has 1 aromatic rings. The van der Waals surface area contributed by atoms with E-state index in [4.69, 9.17) is 5.73 Å². The van der Waals surface area contributed by atoms with E-state index in [1.54, 1.807) is 0 Å². The highest BCUT2D eigenvalue weighted by atomic mass is 16.1. The molecule has 0 aliphatic carbocycles. The topological polar surface area (TPSA) is 83.8 Å². The van der Waals surface area contributed by atoms with E-state index in [1.165, 1.54) is 0 Å². The van der Waals surface area contributed by atoms with Crippen molar-refractivity contribution < 1.29 is 4.79 Å². The predicted molar refractivity (Wildman–Crippen MR) is 69.6 cm³/mol. The Bertz CT molecular complexity index is 403. The smallest absolute Gasteiger partial charge is 0.225 e. The van der Waals surface area contributed by atoms with Crippen LogP contribution in [0.5, 0.6) is 0 Å². The summed E-state index contributed by atoms with van der Waals surface area (Å²) in [5.41, 5.74) is 7.14. The Morgan fingerprint density at radius 1 is 1.53 bits per heavy atom. The van der Waals surface area contributed by atoms with Crippen molar-refractivity contribution in [1.29, 1.82) is 0 Å². The molecule has 1 rings (SSSR count). The second-order valence-electron chi connectivity index (χ2n) is 5.63. The van der Waals surface area contributed by atoms with Crippen LogP contribution in [0.2, 0.25) is 0 Å². The number of nitrogens with zero attached hydrogens (tertiary/aromatic N) is 1. The molecule has 0 aliphatic rings. The molecule has 0 fully saturated rings. The lowest BCUT2D eigenvalue weighted by molar-refractivity contribution is -0.117. The maximum atomic E-state index is 11.8. The highest BCUT2D eigenvalue weighted by Crippen LogP contribution is 2.28. The molecular formula is C12H22N4O. The number of nitrogens with one attached hydrogen (secondary N) is 2. The number of hydrogen-bond donors (Lipinski definition) is 3. The van der Waals surface area contributed by atoms with Crippen molar-refractivity contribution in [2.24, 2.45) is 11.3 Å². The summed E-state index contributed by atoms with van der Waals surface area (Å²) in [6, 6.07) is 0. The number of rotatable bonds is 3. The molecule has 5 heteroatoms. The van der Waals surface area contributed by atoms with E-state index in [-0.39, 0.29) is 11.3 Å². The number of aryl methyl sites for hydroxylation is 1. The maximum absolute atomic E-state index is 11.8. The number of carbonyl (C=O) groups is 1. The van der Waals surface area contributed by atoms with E-state index in [0.717, 1.165) is 5.69 Å². The molecule has 1 heterocycles. The maximum Gasteiger partial charge on any atom is 0.225 e. The molecule has 0 bridgehead atoms. The molecule has 0 radical (unpaired) electrons. The third-order valence-electron chi connectivity index (χ3n) is 3.22. The number of anilines is 2. The summed E-state index contributed by atoms with van der Waals surface area (Å²) < 4.78 is 0. The Morgan fingerprint density at radius 2 is 2.12 bits per heavy atom. The zero-order valence-corrected chi connectivity index (χ0v) is 11.2. The summed E-state index contributed by atoms with van der Waals surface area (Å²) in [4.78, 5) is 11.8. The molecular weight excluding hydrogens is 216 g/mol. The minimum absolute atomic E-state index is 0.0503. The predicted octanol–water partition coefficient (Wildman–Crippen LogP) is 2.31. The Morgan fingerprint density at radius 3 is 2.53 bits per heavy atom. The molecule has 1 unspecified atom stereocenters. The largest absolute Gasteiger partial charge is 0.394 e. The van der Waals surface area contributed by atoms with Crippen LogP contribution in [0.4, 0.5) is 11.5 Å². The lowest BCUT2D eigenvalue weighted by Crippen LogP contribution is -2.24. The van der Waals surface area contributed by atoms with Crippen LogP contribution in [-0.2, 0) is 4.79 Å². The van der Waals surface area contributed by atoms with Gasteiger partial charge in [0.2, 0.25) is 5.91 Å². The lowest BCUT2D eigenvalue weighted by Gasteiger charge is -2.26. The third kappa shape index (κ3) is 3.47. The summed E-state index contributed by atoms with van der Waals surface area (Å²) in [6.07, 6.45) is 0.467. The first kappa shape index (κ1) is 13.5. The van der Waals surface area contributed by atoms with Gasteiger partial charge in [0.25, 0.3) is 0 Å². The van der Waals surface area contributed by atoms with Gasteiger partial charge in [-0.3, -0.25) is 9.89 Å². The van der Waals surface area contributed by atoms with Crippen molar-refractivity contribution in [2.45, 2.75) is 41.0 Å². The highest BCUT2D eigenvalue weighted by Gasteiger charge is 2.23. The van der Waals surface area contributed by atoms with Crippen LogP contribution < -0.4 is 11.1 Å². The summed E-state index contributed by atoms with van der Waals surface area (Å²) in [5, 5.41) is 9.41. The van der Waals surface area contributed by atoms with E-state index in [1.807, 2.05) is 6.92 Å². The van der Waals surface area contributed by atoms with Gasteiger partial charge in [-0.25, -0.2) is 0 Å². The van der Waals surface area contributed by atoms with E-state index in [0.29, 0.717) is 23.8 Å². The van der Waals surface area contributed by atoms with Crippen molar-refractivity contribution in [2.75, 3.05) is 11.1 Å². The number of aromatic amines is 1. The van der Waals surface area contributed by atoms with Gasteiger partial charge in [0.15, 0.2) is 5.82 Å². The van der Waals surface area contributed by atoms with Gasteiger partial charge in [-0.15, -0.1) is 0 Å². The average Bonchev–Trinajstić information content (AvgIpc) is 2.48. The number of hydrogen-bond acceptors (Lipinski definition) is 3. The van der Waals surface area contributed by atoms with Crippen molar-refractivity contribution in [3.05, 3.63) is 5.69 Å². The first-order valence-electron chi connectivity index (χ1n) is 5.82. The van der Waals surface area contributed by atoms with Crippen LogP contribution in [0, 0.1) is 18.3 Å². The van der Waals surface area contributed by atoms with Gasteiger partial charge < -0.3 is 11.1 Å². The third-order valence-corrected chi connectivity index (χ3v) is 3.22. The first-order valence-corrected chi connectivity index (χ1v) is 5.82. The van der Waals surface area contributed by atoms with Gasteiger partial charge in [-0.1, -0.05) is 27.7 Å². The molecule has 0 aromatic carbocycles. The Kier molecular flexibility index (Phi) is 3.80. The Balaban J connectivity index is 2.59. The fourth-order valence-electron chi connectivity index (χ4n) is 1.30. The van der Waals surface area contributed by atoms with E-state index < -0.39 is 0 Å². The fourth-order valence-corrected chi connectivity index (χ4v) is 1.30. The van der Waals surface area contributed by atoms with Crippen molar-refractivity contribution in [3.8, 4) is 0 Å². The van der Waals surface area contributed by atoms with Crippen molar-refractivity contribution in [3.63, 3.8) is 0 Å². The standard InChI is InChI=1S/C12H22N4O/c1-7(12(3,4)5)6-9(17)14-11-10(13)8(2)15-16-11/h7H,6,13H2,1-5H3,(H2,14,15,16,17). The second-order valence-corrected chi connectivity index (χ2v) is 5.63. The SMILES string of the molecule is Cc1[nH]nc(NC(=O)CC(C)C(C)(C)C)c1N. The summed E-state index contributed by atoms with van der Waals surface area (Å²) in [5.74, 6) is 0.669. The normalized spacial score (nSPS) is 13.5. The van der Waals surface area contributed by atoms with Gasteiger partial charge in [-0.05, 0) is 18.3 Å². The van der Waals surface area contributed by atoms with E-state index in [9.17, 15) is 4.79 Å². The van der Waals surface area contributed by atoms with Crippen LogP contribution in [-0.4, -0.2) is 16.1 Å². The molecule has 17 heavy (non-hydrogen) atoms. The van der Waals surface area contributed by atoms with E-state index in [2.05, 4.69) is 43.2 Å². The molecule has 1 atom stereocenters. The zero-order chi connectivity index (χ0) is 13.2. The van der Waals surface area contributed by atoms with Crippen LogP contribution >= 0.6 is 0 Å². The Hall–Kier alpha value is -1.52. The summed E-state index contributed by atoms with van der Waals surface area (Å²) in [6.45, 7) is 10.3. The Labute approximate surface area is 102 Å². The van der Waals surface area contributed by atoms with Crippen LogP contribution in [0.25, 0.3) is 0 Å². The van der Waals surface area contributed by atoms with E-state index >= 15 is 0 Å². The highest BCUT2D eigenvalue weighted by molar-refractivity contribution is 5.92. The quantitative estimate of drug-likeness (QED) is 0.755. The lowest BCUT2D eigenvalue weighted by atomic mass is 9.80.